The summed E-state index contributed by atoms with van der Waals surface area (Å²) in [5.41, 5.74) is 6.96. The molecule has 1 saturated carbocycles. The van der Waals surface area contributed by atoms with Crippen LogP contribution < -0.4 is 5.73 Å². The van der Waals surface area contributed by atoms with Gasteiger partial charge in [-0.25, -0.2) is 0 Å². The van der Waals surface area contributed by atoms with Crippen LogP contribution in [0.3, 0.4) is 0 Å². The Labute approximate surface area is 114 Å². The standard InChI is InChI=1S/C15H22N2O2/c1-10(12-5-6-12)17(2)15(19)14(16)9-11-3-7-13(18)8-4-11/h3-4,7-8,10,12,14,18H,5-6,9,16H2,1-2H3/t10?,14-/m0/s1. The third-order valence-electron chi connectivity index (χ3n) is 3.97. The summed E-state index contributed by atoms with van der Waals surface area (Å²) in [5.74, 6) is 0.866. The van der Waals surface area contributed by atoms with Gasteiger partial charge in [-0.05, 0) is 49.8 Å². The summed E-state index contributed by atoms with van der Waals surface area (Å²) in [6.07, 6.45) is 2.93. The normalized spacial score (nSPS) is 17.8. The van der Waals surface area contributed by atoms with Crippen LogP contribution in [-0.2, 0) is 11.2 Å². The first kappa shape index (κ1) is 13.9. The zero-order valence-corrected chi connectivity index (χ0v) is 11.5. The van der Waals surface area contributed by atoms with Crippen molar-refractivity contribution in [2.24, 2.45) is 11.7 Å². The molecule has 0 aromatic heterocycles. The molecule has 1 aromatic carbocycles. The second kappa shape index (κ2) is 5.61. The lowest BCUT2D eigenvalue weighted by Crippen LogP contribution is -2.47. The highest BCUT2D eigenvalue weighted by molar-refractivity contribution is 5.82. The Morgan fingerprint density at radius 1 is 1.42 bits per heavy atom. The highest BCUT2D eigenvalue weighted by atomic mass is 16.3. The molecule has 1 unspecified atom stereocenters. The van der Waals surface area contributed by atoms with Gasteiger partial charge in [-0.1, -0.05) is 12.1 Å². The molecule has 2 rings (SSSR count). The fraction of sp³-hybridized carbons (Fsp3) is 0.533. The minimum absolute atomic E-state index is 0.00697. The van der Waals surface area contributed by atoms with Crippen LogP contribution in [0.4, 0.5) is 0 Å². The van der Waals surface area contributed by atoms with Crippen molar-refractivity contribution in [3.8, 4) is 5.75 Å². The van der Waals surface area contributed by atoms with Gasteiger partial charge in [0.05, 0.1) is 6.04 Å². The summed E-state index contributed by atoms with van der Waals surface area (Å²) in [4.78, 5) is 14.0. The average Bonchev–Trinajstić information content (AvgIpc) is 3.23. The number of nitrogens with zero attached hydrogens (tertiary/aromatic N) is 1. The smallest absolute Gasteiger partial charge is 0.239 e. The molecule has 0 bridgehead atoms. The summed E-state index contributed by atoms with van der Waals surface area (Å²) < 4.78 is 0. The van der Waals surface area contributed by atoms with Crippen molar-refractivity contribution in [3.63, 3.8) is 0 Å². The van der Waals surface area contributed by atoms with Crippen molar-refractivity contribution in [1.29, 1.82) is 0 Å². The maximum Gasteiger partial charge on any atom is 0.239 e. The lowest BCUT2D eigenvalue weighted by Gasteiger charge is -2.27. The van der Waals surface area contributed by atoms with Crippen molar-refractivity contribution in [1.82, 2.24) is 4.90 Å². The monoisotopic (exact) mass is 262 g/mol. The van der Waals surface area contributed by atoms with Crippen molar-refractivity contribution in [3.05, 3.63) is 29.8 Å². The number of benzene rings is 1. The first-order valence-corrected chi connectivity index (χ1v) is 6.79. The van der Waals surface area contributed by atoms with E-state index in [0.717, 1.165) is 5.56 Å². The van der Waals surface area contributed by atoms with Gasteiger partial charge in [0, 0.05) is 13.1 Å². The van der Waals surface area contributed by atoms with Crippen molar-refractivity contribution >= 4 is 5.91 Å². The molecule has 1 aliphatic rings. The van der Waals surface area contributed by atoms with E-state index in [1.54, 1.807) is 29.2 Å². The van der Waals surface area contributed by atoms with Gasteiger partial charge in [-0.15, -0.1) is 0 Å². The Hall–Kier alpha value is -1.55. The van der Waals surface area contributed by atoms with Gasteiger partial charge in [0.1, 0.15) is 5.75 Å². The van der Waals surface area contributed by atoms with Crippen LogP contribution in [0.25, 0.3) is 0 Å². The summed E-state index contributed by atoms with van der Waals surface area (Å²) >= 11 is 0. The molecular formula is C15H22N2O2. The van der Waals surface area contributed by atoms with E-state index in [-0.39, 0.29) is 17.7 Å². The van der Waals surface area contributed by atoms with Crippen LogP contribution in [0, 0.1) is 5.92 Å². The summed E-state index contributed by atoms with van der Waals surface area (Å²) in [7, 11) is 1.84. The number of carbonyl (C=O) groups is 1. The van der Waals surface area contributed by atoms with E-state index < -0.39 is 6.04 Å². The maximum atomic E-state index is 12.2. The topological polar surface area (TPSA) is 66.6 Å². The highest BCUT2D eigenvalue weighted by Crippen LogP contribution is 2.34. The van der Waals surface area contributed by atoms with Gasteiger partial charge in [-0.2, -0.15) is 0 Å². The van der Waals surface area contributed by atoms with Crippen LogP contribution in [0.1, 0.15) is 25.3 Å². The Morgan fingerprint density at radius 3 is 2.53 bits per heavy atom. The van der Waals surface area contributed by atoms with Crippen LogP contribution >= 0.6 is 0 Å². The molecule has 1 aliphatic carbocycles. The molecule has 0 heterocycles. The number of phenolic OH excluding ortho intramolecular Hbond substituents is 1. The van der Waals surface area contributed by atoms with Gasteiger partial charge in [0.25, 0.3) is 0 Å². The zero-order chi connectivity index (χ0) is 14.0. The Kier molecular flexibility index (Phi) is 4.10. The SMILES string of the molecule is CC(C1CC1)N(C)C(=O)[C@@H](N)Cc1ccc(O)cc1. The van der Waals surface area contributed by atoms with Crippen molar-refractivity contribution in [2.75, 3.05) is 7.05 Å². The van der Waals surface area contributed by atoms with E-state index in [9.17, 15) is 9.90 Å². The number of likely N-dealkylation sites (N-methyl/N-ethyl adjacent to an activating group) is 1. The molecule has 4 heteroatoms. The number of hydrogen-bond donors (Lipinski definition) is 2. The van der Waals surface area contributed by atoms with Gasteiger partial charge in [0.2, 0.25) is 5.91 Å². The minimum atomic E-state index is -0.518. The predicted molar refractivity (Wildman–Crippen MR) is 74.7 cm³/mol. The van der Waals surface area contributed by atoms with Gasteiger partial charge >= 0.3 is 0 Å². The lowest BCUT2D eigenvalue weighted by molar-refractivity contribution is -0.133. The predicted octanol–water partition coefficient (Wildman–Crippen LogP) is 1.52. The average molecular weight is 262 g/mol. The molecule has 1 aromatic rings. The zero-order valence-electron chi connectivity index (χ0n) is 11.5. The van der Waals surface area contributed by atoms with Crippen molar-refractivity contribution in [2.45, 2.75) is 38.3 Å². The third kappa shape index (κ3) is 3.47. The van der Waals surface area contributed by atoms with E-state index in [1.165, 1.54) is 12.8 Å². The molecule has 104 valence electrons. The molecule has 0 saturated heterocycles. The van der Waals surface area contributed by atoms with Crippen LogP contribution in [0.2, 0.25) is 0 Å². The highest BCUT2D eigenvalue weighted by Gasteiger charge is 2.33. The lowest BCUT2D eigenvalue weighted by atomic mass is 10.0. The van der Waals surface area contributed by atoms with Gasteiger partial charge in [-0.3, -0.25) is 4.79 Å². The summed E-state index contributed by atoms with van der Waals surface area (Å²) in [6, 6.07) is 6.58. The molecule has 0 aliphatic heterocycles. The molecular weight excluding hydrogens is 240 g/mol. The Morgan fingerprint density at radius 2 is 2.00 bits per heavy atom. The van der Waals surface area contributed by atoms with Crippen molar-refractivity contribution < 1.29 is 9.90 Å². The van der Waals surface area contributed by atoms with Crippen LogP contribution in [0.5, 0.6) is 5.75 Å². The molecule has 4 nitrogen and oxygen atoms in total. The second-order valence-electron chi connectivity index (χ2n) is 5.50. The van der Waals surface area contributed by atoms with Crippen LogP contribution in [-0.4, -0.2) is 35.0 Å². The fourth-order valence-corrected chi connectivity index (χ4v) is 2.33. The molecule has 2 atom stereocenters. The van der Waals surface area contributed by atoms with E-state index in [0.29, 0.717) is 12.3 Å². The Balaban J connectivity index is 1.92. The van der Waals surface area contributed by atoms with Gasteiger partial charge < -0.3 is 15.7 Å². The maximum absolute atomic E-state index is 12.2. The largest absolute Gasteiger partial charge is 0.508 e. The van der Waals surface area contributed by atoms with E-state index in [1.807, 2.05) is 7.05 Å². The fourth-order valence-electron chi connectivity index (χ4n) is 2.33. The summed E-state index contributed by atoms with van der Waals surface area (Å²) in [5, 5.41) is 9.22. The number of phenols is 1. The van der Waals surface area contributed by atoms with E-state index in [4.69, 9.17) is 5.73 Å². The summed E-state index contributed by atoms with van der Waals surface area (Å²) in [6.45, 7) is 2.09. The number of amides is 1. The molecule has 1 amide bonds. The first-order valence-electron chi connectivity index (χ1n) is 6.79. The number of rotatable bonds is 5. The number of carbonyl (C=O) groups excluding carboxylic acids is 1. The van der Waals surface area contributed by atoms with Crippen LogP contribution in [0.15, 0.2) is 24.3 Å². The minimum Gasteiger partial charge on any atom is -0.508 e. The molecule has 19 heavy (non-hydrogen) atoms. The number of nitrogens with two attached hydrogens (primary N) is 1. The number of hydrogen-bond acceptors (Lipinski definition) is 3. The molecule has 1 fully saturated rings. The van der Waals surface area contributed by atoms with Gasteiger partial charge in [0.15, 0.2) is 0 Å². The molecule has 0 spiro atoms. The van der Waals surface area contributed by atoms with E-state index in [2.05, 4.69) is 6.92 Å². The first-order chi connectivity index (χ1) is 8.99. The second-order valence-corrected chi connectivity index (χ2v) is 5.50. The number of aromatic hydroxyl groups is 1. The Bertz CT molecular complexity index is 440. The molecule has 3 N–H and O–H groups in total. The van der Waals surface area contributed by atoms with E-state index >= 15 is 0 Å². The quantitative estimate of drug-likeness (QED) is 0.845. The molecule has 0 radical (unpaired) electrons. The third-order valence-corrected chi connectivity index (χ3v) is 3.97.